The van der Waals surface area contributed by atoms with Gasteiger partial charge in [0.25, 0.3) is 0 Å². The summed E-state index contributed by atoms with van der Waals surface area (Å²) in [5.41, 5.74) is 0.111. The molecular weight excluding hydrogens is 138 g/mol. The summed E-state index contributed by atoms with van der Waals surface area (Å²) in [6.07, 6.45) is 3.36. The minimum Gasteiger partial charge on any atom is -0.323 e. The second-order valence-corrected chi connectivity index (χ2v) is 3.51. The lowest BCUT2D eigenvalue weighted by molar-refractivity contribution is -0.113. The van der Waals surface area contributed by atoms with Crippen molar-refractivity contribution in [3.8, 4) is 0 Å². The summed E-state index contributed by atoms with van der Waals surface area (Å²) in [4.78, 5) is 10.3. The average Bonchev–Trinajstić information content (AvgIpc) is 2.68. The first-order valence-corrected chi connectivity index (χ1v) is 4.17. The van der Waals surface area contributed by atoms with Gasteiger partial charge in [-0.25, -0.2) is 0 Å². The number of carbonyl (C=O) groups is 1. The van der Waals surface area contributed by atoms with Crippen LogP contribution in [0.3, 0.4) is 0 Å². The molecule has 2 heteroatoms. The van der Waals surface area contributed by atoms with Crippen LogP contribution in [0.15, 0.2) is 0 Å². The highest BCUT2D eigenvalue weighted by Gasteiger charge is 2.44. The number of nitrogens with one attached hydrogen (secondary N) is 1. The molecule has 11 heavy (non-hydrogen) atoms. The molecule has 0 aromatic rings. The number of carbonyl (C=O) groups excluding carboxylic acids is 1. The topological polar surface area (TPSA) is 29.1 Å². The Morgan fingerprint density at radius 2 is 1.73 bits per heavy atom. The van der Waals surface area contributed by atoms with Crippen LogP contribution >= 0.6 is 0 Å². The molecule has 0 aromatic carbocycles. The molecule has 1 aliphatic rings. The Hall–Kier alpha value is -0.370. The van der Waals surface area contributed by atoms with Gasteiger partial charge in [0, 0.05) is 5.41 Å². The molecule has 1 rings (SSSR count). The number of aldehydes is 1. The first kappa shape index (κ1) is 10.6. The molecule has 0 bridgehead atoms. The fraction of sp³-hybridized carbons (Fsp3) is 0.889. The molecule has 0 saturated heterocycles. The van der Waals surface area contributed by atoms with Gasteiger partial charge in [-0.1, -0.05) is 13.8 Å². The smallest absolute Gasteiger partial charge is 0.126 e. The highest BCUT2D eigenvalue weighted by Crippen LogP contribution is 2.49. The van der Waals surface area contributed by atoms with Crippen LogP contribution in [0.4, 0.5) is 0 Å². The van der Waals surface area contributed by atoms with Crippen LogP contribution in [0.2, 0.25) is 0 Å². The molecule has 0 aromatic heterocycles. The van der Waals surface area contributed by atoms with Crippen LogP contribution in [0.1, 0.15) is 26.7 Å². The predicted molar refractivity (Wildman–Crippen MR) is 47.6 cm³/mol. The van der Waals surface area contributed by atoms with Crippen LogP contribution in [0.25, 0.3) is 0 Å². The Morgan fingerprint density at radius 3 is 1.73 bits per heavy atom. The zero-order valence-electron chi connectivity index (χ0n) is 7.98. The third-order valence-corrected chi connectivity index (χ3v) is 2.21. The van der Waals surface area contributed by atoms with E-state index in [-0.39, 0.29) is 5.41 Å². The first-order chi connectivity index (χ1) is 5.13. The van der Waals surface area contributed by atoms with Gasteiger partial charge in [0.15, 0.2) is 0 Å². The molecule has 0 heterocycles. The fourth-order valence-corrected chi connectivity index (χ4v) is 0.976. The largest absolute Gasteiger partial charge is 0.323 e. The van der Waals surface area contributed by atoms with Crippen LogP contribution < -0.4 is 5.32 Å². The Kier molecular flexibility index (Phi) is 4.34. The van der Waals surface area contributed by atoms with Gasteiger partial charge >= 0.3 is 0 Å². The lowest BCUT2D eigenvalue weighted by Gasteiger charge is -2.09. The number of hydrogen-bond donors (Lipinski definition) is 1. The van der Waals surface area contributed by atoms with Gasteiger partial charge in [0.1, 0.15) is 6.29 Å². The quantitative estimate of drug-likeness (QED) is 0.615. The number of hydrogen-bond acceptors (Lipinski definition) is 2. The van der Waals surface area contributed by atoms with Crippen molar-refractivity contribution in [2.24, 2.45) is 11.3 Å². The van der Waals surface area contributed by atoms with Crippen molar-refractivity contribution < 1.29 is 4.79 Å². The summed E-state index contributed by atoms with van der Waals surface area (Å²) in [5.74, 6) is 0.556. The summed E-state index contributed by atoms with van der Waals surface area (Å²) in [7, 11) is 3.75. The molecule has 1 aliphatic carbocycles. The minimum atomic E-state index is 0.111. The molecule has 0 aliphatic heterocycles. The van der Waals surface area contributed by atoms with Gasteiger partial charge in [0.2, 0.25) is 0 Å². The molecule has 1 N–H and O–H groups in total. The van der Waals surface area contributed by atoms with Crippen LogP contribution in [0, 0.1) is 11.3 Å². The van der Waals surface area contributed by atoms with E-state index in [4.69, 9.17) is 0 Å². The Balaban J connectivity index is 0.000000292. The van der Waals surface area contributed by atoms with Gasteiger partial charge in [-0.05, 0) is 32.9 Å². The van der Waals surface area contributed by atoms with Crippen molar-refractivity contribution in [3.05, 3.63) is 0 Å². The van der Waals surface area contributed by atoms with E-state index >= 15 is 0 Å². The Bertz CT molecular complexity index is 117. The first-order valence-electron chi connectivity index (χ1n) is 4.17. The van der Waals surface area contributed by atoms with Gasteiger partial charge in [-0.3, -0.25) is 0 Å². The molecule has 1 saturated carbocycles. The van der Waals surface area contributed by atoms with E-state index in [0.717, 1.165) is 19.1 Å². The summed E-state index contributed by atoms with van der Waals surface area (Å²) in [5, 5.41) is 2.75. The third kappa shape index (κ3) is 3.02. The van der Waals surface area contributed by atoms with Gasteiger partial charge in [0.05, 0.1) is 0 Å². The van der Waals surface area contributed by atoms with Gasteiger partial charge < -0.3 is 10.1 Å². The minimum absolute atomic E-state index is 0.111. The fourth-order valence-electron chi connectivity index (χ4n) is 0.976. The van der Waals surface area contributed by atoms with E-state index in [1.165, 1.54) is 0 Å². The average molecular weight is 157 g/mol. The van der Waals surface area contributed by atoms with Crippen LogP contribution in [0.5, 0.6) is 0 Å². The molecule has 0 atom stereocenters. The van der Waals surface area contributed by atoms with Crippen LogP contribution in [-0.2, 0) is 4.79 Å². The maximum Gasteiger partial charge on any atom is 0.126 e. The molecule has 2 nitrogen and oxygen atoms in total. The maximum absolute atomic E-state index is 10.3. The highest BCUT2D eigenvalue weighted by atomic mass is 16.1. The predicted octanol–water partition coefficient (Wildman–Crippen LogP) is 1.46. The standard InChI is InChI=1S/C7H12O.C2H7N/c1-6(2)7(5-8)3-4-7;1-3-2/h5-6H,3-4H2,1-2H3;3H,1-2H3. The second-order valence-electron chi connectivity index (χ2n) is 3.51. The lowest BCUT2D eigenvalue weighted by atomic mass is 9.95. The van der Waals surface area contributed by atoms with Crippen molar-refractivity contribution in [1.82, 2.24) is 5.32 Å². The molecule has 1 fully saturated rings. The summed E-state index contributed by atoms with van der Waals surface area (Å²) >= 11 is 0. The van der Waals surface area contributed by atoms with E-state index in [1.807, 2.05) is 14.1 Å². The van der Waals surface area contributed by atoms with Crippen molar-refractivity contribution in [2.45, 2.75) is 26.7 Å². The second kappa shape index (κ2) is 4.50. The van der Waals surface area contributed by atoms with E-state index in [2.05, 4.69) is 19.2 Å². The Morgan fingerprint density at radius 1 is 1.36 bits per heavy atom. The van der Waals surface area contributed by atoms with Gasteiger partial charge in [-0.2, -0.15) is 0 Å². The molecule has 66 valence electrons. The monoisotopic (exact) mass is 157 g/mol. The molecule has 0 amide bonds. The van der Waals surface area contributed by atoms with Crippen molar-refractivity contribution in [3.63, 3.8) is 0 Å². The van der Waals surface area contributed by atoms with Gasteiger partial charge in [-0.15, -0.1) is 0 Å². The SMILES string of the molecule is CC(C)C1(C=O)CC1.CNC. The van der Waals surface area contributed by atoms with Crippen molar-refractivity contribution >= 4 is 6.29 Å². The zero-order valence-corrected chi connectivity index (χ0v) is 7.98. The highest BCUT2D eigenvalue weighted by molar-refractivity contribution is 5.63. The molecule has 0 radical (unpaired) electrons. The van der Waals surface area contributed by atoms with Crippen molar-refractivity contribution in [1.29, 1.82) is 0 Å². The molecular formula is C9H19NO. The van der Waals surface area contributed by atoms with Crippen molar-refractivity contribution in [2.75, 3.05) is 14.1 Å². The normalized spacial score (nSPS) is 18.6. The Labute approximate surface area is 69.4 Å². The summed E-state index contributed by atoms with van der Waals surface area (Å²) in [6.45, 7) is 4.22. The molecule has 0 spiro atoms. The lowest BCUT2D eigenvalue weighted by Crippen LogP contribution is -2.09. The van der Waals surface area contributed by atoms with E-state index in [9.17, 15) is 4.79 Å². The van der Waals surface area contributed by atoms with Crippen LogP contribution in [-0.4, -0.2) is 20.4 Å². The number of rotatable bonds is 2. The third-order valence-electron chi connectivity index (χ3n) is 2.21. The molecule has 0 unspecified atom stereocenters. The van der Waals surface area contributed by atoms with E-state index in [0.29, 0.717) is 5.92 Å². The van der Waals surface area contributed by atoms with E-state index < -0.39 is 0 Å². The van der Waals surface area contributed by atoms with E-state index in [1.54, 1.807) is 0 Å². The summed E-state index contributed by atoms with van der Waals surface area (Å²) < 4.78 is 0. The maximum atomic E-state index is 10.3. The summed E-state index contributed by atoms with van der Waals surface area (Å²) in [6, 6.07) is 0. The zero-order chi connectivity index (χ0) is 8.91.